The number of thioether (sulfide) groups is 1. The summed E-state index contributed by atoms with van der Waals surface area (Å²) in [4.78, 5) is 17.8. The van der Waals surface area contributed by atoms with Crippen molar-refractivity contribution >= 4 is 33.2 Å². The van der Waals surface area contributed by atoms with E-state index in [1.54, 1.807) is 11.0 Å². The van der Waals surface area contributed by atoms with Crippen LogP contribution in [0.15, 0.2) is 52.3 Å². The van der Waals surface area contributed by atoms with Crippen LogP contribution in [0.5, 0.6) is 0 Å². The van der Waals surface area contributed by atoms with E-state index in [9.17, 15) is 26.4 Å². The van der Waals surface area contributed by atoms with Crippen LogP contribution in [-0.2, 0) is 16.0 Å². The molecule has 0 aromatic heterocycles. The molecule has 0 bridgehead atoms. The quantitative estimate of drug-likeness (QED) is 0.533. The van der Waals surface area contributed by atoms with Crippen molar-refractivity contribution in [3.63, 3.8) is 0 Å². The molecule has 1 saturated heterocycles. The van der Waals surface area contributed by atoms with Gasteiger partial charge in [-0.2, -0.15) is 13.2 Å². The third-order valence-electron chi connectivity index (χ3n) is 5.31. The zero-order chi connectivity index (χ0) is 24.4. The SMILES string of the molecule is CC(C)CSc1ccc(S(C)(=O)=O)cc1C(=O)N1CCN(c2ccc(C(F)(F)F)cc2)CC1. The van der Waals surface area contributed by atoms with Crippen LogP contribution in [0.1, 0.15) is 29.8 Å². The molecule has 1 heterocycles. The van der Waals surface area contributed by atoms with Gasteiger partial charge in [-0.3, -0.25) is 4.79 Å². The van der Waals surface area contributed by atoms with Gasteiger partial charge in [-0.15, -0.1) is 11.8 Å². The maximum Gasteiger partial charge on any atom is 0.416 e. The second kappa shape index (κ2) is 9.97. The Morgan fingerprint density at radius 1 is 1.03 bits per heavy atom. The second-order valence-corrected chi connectivity index (χ2v) is 11.5. The molecule has 0 aliphatic carbocycles. The highest BCUT2D eigenvalue weighted by Crippen LogP contribution is 2.31. The molecule has 33 heavy (non-hydrogen) atoms. The number of hydrogen-bond acceptors (Lipinski definition) is 5. The van der Waals surface area contributed by atoms with Crippen LogP contribution in [0.4, 0.5) is 18.9 Å². The molecule has 5 nitrogen and oxygen atoms in total. The summed E-state index contributed by atoms with van der Waals surface area (Å²) in [5, 5.41) is 0. The van der Waals surface area contributed by atoms with Gasteiger partial charge in [-0.05, 0) is 48.4 Å². The minimum Gasteiger partial charge on any atom is -0.368 e. The lowest BCUT2D eigenvalue weighted by molar-refractivity contribution is -0.137. The highest BCUT2D eigenvalue weighted by Gasteiger charge is 2.31. The van der Waals surface area contributed by atoms with E-state index >= 15 is 0 Å². The molecule has 2 aromatic carbocycles. The summed E-state index contributed by atoms with van der Waals surface area (Å²) in [5.74, 6) is 0.957. The third-order valence-corrected chi connectivity index (χ3v) is 7.92. The number of anilines is 1. The maximum absolute atomic E-state index is 13.3. The van der Waals surface area contributed by atoms with Crippen LogP contribution >= 0.6 is 11.8 Å². The molecule has 180 valence electrons. The van der Waals surface area contributed by atoms with E-state index in [1.165, 1.54) is 36.0 Å². The van der Waals surface area contributed by atoms with Crippen LogP contribution in [0.2, 0.25) is 0 Å². The van der Waals surface area contributed by atoms with E-state index in [0.29, 0.717) is 43.3 Å². The first-order chi connectivity index (χ1) is 15.4. The summed E-state index contributed by atoms with van der Waals surface area (Å²) < 4.78 is 62.5. The van der Waals surface area contributed by atoms with Gasteiger partial charge in [0.2, 0.25) is 0 Å². The number of piperazine rings is 1. The van der Waals surface area contributed by atoms with E-state index < -0.39 is 21.6 Å². The number of nitrogens with zero attached hydrogens (tertiary/aromatic N) is 2. The van der Waals surface area contributed by atoms with E-state index in [-0.39, 0.29) is 10.8 Å². The lowest BCUT2D eigenvalue weighted by atomic mass is 10.1. The standard InChI is InChI=1S/C23H27F3N2O3S2/c1-16(2)15-32-21-9-8-19(33(3,30)31)14-20(21)22(29)28-12-10-27(11-13-28)18-6-4-17(5-7-18)23(24,25)26/h4-9,14,16H,10-13,15H2,1-3H3. The average molecular weight is 501 g/mol. The van der Waals surface area contributed by atoms with Crippen LogP contribution in [0.3, 0.4) is 0 Å². The van der Waals surface area contributed by atoms with Crippen molar-refractivity contribution < 1.29 is 26.4 Å². The first-order valence-electron chi connectivity index (χ1n) is 10.5. The van der Waals surface area contributed by atoms with Crippen molar-refractivity contribution in [2.45, 2.75) is 29.8 Å². The van der Waals surface area contributed by atoms with Gasteiger partial charge in [0.1, 0.15) is 0 Å². The number of amides is 1. The van der Waals surface area contributed by atoms with E-state index in [0.717, 1.165) is 29.0 Å². The van der Waals surface area contributed by atoms with Crippen LogP contribution in [0, 0.1) is 5.92 Å². The van der Waals surface area contributed by atoms with E-state index in [2.05, 4.69) is 13.8 Å². The number of rotatable bonds is 6. The molecule has 1 amide bonds. The molecule has 0 atom stereocenters. The molecule has 1 fully saturated rings. The lowest BCUT2D eigenvalue weighted by Gasteiger charge is -2.36. The zero-order valence-electron chi connectivity index (χ0n) is 18.7. The predicted molar refractivity (Wildman–Crippen MR) is 125 cm³/mol. The summed E-state index contributed by atoms with van der Waals surface area (Å²) in [6.07, 6.45) is -3.27. The number of carbonyl (C=O) groups excluding carboxylic acids is 1. The molecular weight excluding hydrogens is 473 g/mol. The minimum absolute atomic E-state index is 0.100. The zero-order valence-corrected chi connectivity index (χ0v) is 20.4. The van der Waals surface area contributed by atoms with Crippen LogP contribution in [-0.4, -0.2) is 57.4 Å². The number of benzene rings is 2. The largest absolute Gasteiger partial charge is 0.416 e. The van der Waals surface area contributed by atoms with Crippen molar-refractivity contribution in [2.75, 3.05) is 43.1 Å². The van der Waals surface area contributed by atoms with Crippen LogP contribution < -0.4 is 4.90 Å². The monoisotopic (exact) mass is 500 g/mol. The molecule has 0 N–H and O–H groups in total. The van der Waals surface area contributed by atoms with Crippen molar-refractivity contribution in [3.05, 3.63) is 53.6 Å². The van der Waals surface area contributed by atoms with Crippen molar-refractivity contribution in [1.29, 1.82) is 0 Å². The fourth-order valence-corrected chi connectivity index (χ4v) is 5.11. The number of hydrogen-bond donors (Lipinski definition) is 0. The Morgan fingerprint density at radius 3 is 2.15 bits per heavy atom. The Kier molecular flexibility index (Phi) is 7.68. The Balaban J connectivity index is 1.75. The molecular formula is C23H27F3N2O3S2. The maximum atomic E-state index is 13.3. The summed E-state index contributed by atoms with van der Waals surface area (Å²) in [6.45, 7) is 5.85. The van der Waals surface area contributed by atoms with Gasteiger partial charge < -0.3 is 9.80 Å². The predicted octanol–water partition coefficient (Wildman–Crippen LogP) is 4.82. The fraction of sp³-hybridized carbons (Fsp3) is 0.435. The van der Waals surface area contributed by atoms with E-state index in [1.807, 2.05) is 4.90 Å². The van der Waals surface area contributed by atoms with Crippen molar-refractivity contribution in [2.24, 2.45) is 5.92 Å². The number of halogens is 3. The smallest absolute Gasteiger partial charge is 0.368 e. The third kappa shape index (κ3) is 6.44. The fourth-order valence-electron chi connectivity index (χ4n) is 3.49. The summed E-state index contributed by atoms with van der Waals surface area (Å²) in [6, 6.07) is 9.66. The molecule has 2 aromatic rings. The topological polar surface area (TPSA) is 57.7 Å². The molecule has 0 saturated carbocycles. The Labute approximate surface area is 196 Å². The van der Waals surface area contributed by atoms with Gasteiger partial charge in [-0.1, -0.05) is 13.8 Å². The highest BCUT2D eigenvalue weighted by atomic mass is 32.2. The second-order valence-electron chi connectivity index (χ2n) is 8.46. The Hall–Kier alpha value is -2.20. The van der Waals surface area contributed by atoms with Crippen molar-refractivity contribution in [3.8, 4) is 0 Å². The molecule has 0 spiro atoms. The van der Waals surface area contributed by atoms with Gasteiger partial charge in [0.15, 0.2) is 9.84 Å². The molecule has 1 aliphatic rings. The summed E-state index contributed by atoms with van der Waals surface area (Å²) in [7, 11) is -3.46. The molecule has 0 unspecified atom stereocenters. The minimum atomic E-state index is -4.38. The number of carbonyl (C=O) groups is 1. The average Bonchev–Trinajstić information content (AvgIpc) is 2.76. The lowest BCUT2D eigenvalue weighted by Crippen LogP contribution is -2.49. The highest BCUT2D eigenvalue weighted by molar-refractivity contribution is 7.99. The van der Waals surface area contributed by atoms with Gasteiger partial charge >= 0.3 is 6.18 Å². The van der Waals surface area contributed by atoms with E-state index in [4.69, 9.17) is 0 Å². The molecule has 3 rings (SSSR count). The normalized spacial score (nSPS) is 15.2. The Bertz CT molecular complexity index is 1090. The summed E-state index contributed by atoms with van der Waals surface area (Å²) >= 11 is 1.52. The molecule has 0 radical (unpaired) electrons. The van der Waals surface area contributed by atoms with Crippen molar-refractivity contribution in [1.82, 2.24) is 4.90 Å². The van der Waals surface area contributed by atoms with Gasteiger partial charge in [0.25, 0.3) is 5.91 Å². The first-order valence-corrected chi connectivity index (χ1v) is 13.4. The summed E-state index contributed by atoms with van der Waals surface area (Å²) in [5.41, 5.74) is 0.339. The number of alkyl halides is 3. The number of sulfone groups is 1. The van der Waals surface area contributed by atoms with Gasteiger partial charge in [-0.25, -0.2) is 8.42 Å². The Morgan fingerprint density at radius 2 is 1.64 bits per heavy atom. The van der Waals surface area contributed by atoms with Crippen LogP contribution in [0.25, 0.3) is 0 Å². The molecule has 1 aliphatic heterocycles. The molecule has 10 heteroatoms. The van der Waals surface area contributed by atoms with Gasteiger partial charge in [0.05, 0.1) is 16.0 Å². The van der Waals surface area contributed by atoms with Gasteiger partial charge in [0, 0.05) is 48.8 Å². The first kappa shape index (κ1) is 25.4.